The second-order valence-electron chi connectivity index (χ2n) is 7.21. The molecule has 0 radical (unpaired) electrons. The van der Waals surface area contributed by atoms with E-state index in [1.54, 1.807) is 25.2 Å². The fraction of sp³-hybridized carbons (Fsp3) is 0.286. The molecular weight excluding hydrogens is 425 g/mol. The molecule has 0 amide bonds. The molecule has 0 aliphatic carbocycles. The number of para-hydroxylation sites is 1. The number of aromatic hydroxyl groups is 1. The van der Waals surface area contributed by atoms with E-state index in [2.05, 4.69) is 16.0 Å². The van der Waals surface area contributed by atoms with E-state index >= 15 is 0 Å². The molecule has 30 heavy (non-hydrogen) atoms. The topological polar surface area (TPSA) is 85.4 Å². The minimum atomic E-state index is -0.351. The zero-order chi connectivity index (χ0) is 21.4. The summed E-state index contributed by atoms with van der Waals surface area (Å²) in [7, 11) is 1.63. The number of anilines is 1. The van der Waals surface area contributed by atoms with Gasteiger partial charge >= 0.3 is 0 Å². The molecule has 9 heteroatoms. The summed E-state index contributed by atoms with van der Waals surface area (Å²) in [6.45, 7) is 3.15. The van der Waals surface area contributed by atoms with Crippen molar-refractivity contribution in [3.05, 3.63) is 62.0 Å². The van der Waals surface area contributed by atoms with Crippen molar-refractivity contribution in [3.8, 4) is 11.8 Å². The average Bonchev–Trinajstić information content (AvgIpc) is 2.74. The molecule has 1 saturated heterocycles. The molecule has 0 atom stereocenters. The van der Waals surface area contributed by atoms with Crippen LogP contribution in [0.3, 0.4) is 0 Å². The molecule has 7 nitrogen and oxygen atoms in total. The van der Waals surface area contributed by atoms with Gasteiger partial charge < -0.3 is 14.6 Å². The van der Waals surface area contributed by atoms with Gasteiger partial charge in [0.25, 0.3) is 5.56 Å². The number of pyridine rings is 2. The highest BCUT2D eigenvalue weighted by molar-refractivity contribution is 6.32. The van der Waals surface area contributed by atoms with E-state index in [0.717, 1.165) is 5.56 Å². The zero-order valence-corrected chi connectivity index (χ0v) is 17.8. The van der Waals surface area contributed by atoms with Gasteiger partial charge in [0, 0.05) is 45.3 Å². The summed E-state index contributed by atoms with van der Waals surface area (Å²) in [6, 6.07) is 10.8. The van der Waals surface area contributed by atoms with Crippen LogP contribution in [-0.4, -0.2) is 45.7 Å². The summed E-state index contributed by atoms with van der Waals surface area (Å²) in [5.41, 5.74) is 2.19. The van der Waals surface area contributed by atoms with Gasteiger partial charge in [0.05, 0.1) is 16.2 Å². The van der Waals surface area contributed by atoms with Crippen LogP contribution in [0.15, 0.2) is 35.1 Å². The Hall–Kier alpha value is -2.79. The van der Waals surface area contributed by atoms with Crippen LogP contribution in [0.1, 0.15) is 11.1 Å². The quantitative estimate of drug-likeness (QED) is 0.625. The number of phenols is 1. The lowest BCUT2D eigenvalue weighted by Crippen LogP contribution is -2.47. The molecule has 3 heterocycles. The smallest absolute Gasteiger partial charge is 0.270 e. The summed E-state index contributed by atoms with van der Waals surface area (Å²) in [5, 5.41) is 20.5. The first-order valence-corrected chi connectivity index (χ1v) is 10.2. The number of rotatable bonds is 3. The standard InChI is InChI=1S/C21H19Cl2N5O2/c1-26-16-5-6-17(23)25-18(16)19(14(11-24)21(26)30)28-9-7-27(8-10-28)12-13-3-2-4-15(22)20(13)29/h2-6,29H,7-10,12H2,1H3. The highest BCUT2D eigenvalue weighted by atomic mass is 35.5. The third kappa shape index (κ3) is 3.58. The summed E-state index contributed by atoms with van der Waals surface area (Å²) in [6.07, 6.45) is 0. The van der Waals surface area contributed by atoms with E-state index in [1.165, 1.54) is 4.57 Å². The molecule has 0 unspecified atom stereocenters. The van der Waals surface area contributed by atoms with Crippen LogP contribution in [0, 0.1) is 11.3 Å². The molecule has 0 spiro atoms. The summed E-state index contributed by atoms with van der Waals surface area (Å²) >= 11 is 12.1. The summed E-state index contributed by atoms with van der Waals surface area (Å²) in [4.78, 5) is 21.4. The molecule has 1 aliphatic rings. The summed E-state index contributed by atoms with van der Waals surface area (Å²) in [5.74, 6) is 0.102. The molecule has 4 rings (SSSR count). The fourth-order valence-corrected chi connectivity index (χ4v) is 4.18. The molecule has 1 aromatic carbocycles. The van der Waals surface area contributed by atoms with Gasteiger partial charge in [-0.3, -0.25) is 9.69 Å². The number of aromatic nitrogens is 2. The molecule has 1 aliphatic heterocycles. The van der Waals surface area contributed by atoms with Crippen LogP contribution in [0.2, 0.25) is 10.2 Å². The zero-order valence-electron chi connectivity index (χ0n) is 16.3. The van der Waals surface area contributed by atoms with Crippen LogP contribution in [-0.2, 0) is 13.6 Å². The Balaban J connectivity index is 1.64. The lowest BCUT2D eigenvalue weighted by molar-refractivity contribution is 0.247. The number of halogens is 2. The van der Waals surface area contributed by atoms with E-state index in [0.29, 0.717) is 59.6 Å². The van der Waals surface area contributed by atoms with Gasteiger partial charge in [-0.05, 0) is 18.2 Å². The van der Waals surface area contributed by atoms with Crippen LogP contribution in [0.25, 0.3) is 11.0 Å². The van der Waals surface area contributed by atoms with E-state index in [4.69, 9.17) is 23.2 Å². The third-order valence-corrected chi connectivity index (χ3v) is 5.96. The van der Waals surface area contributed by atoms with E-state index in [-0.39, 0.29) is 16.9 Å². The van der Waals surface area contributed by atoms with Crippen LogP contribution >= 0.6 is 23.2 Å². The fourth-order valence-electron chi connectivity index (χ4n) is 3.84. The molecule has 1 fully saturated rings. The minimum absolute atomic E-state index is 0.0701. The highest BCUT2D eigenvalue weighted by Gasteiger charge is 2.25. The third-order valence-electron chi connectivity index (χ3n) is 5.45. The molecular formula is C21H19Cl2N5O2. The summed E-state index contributed by atoms with van der Waals surface area (Å²) < 4.78 is 1.43. The number of benzene rings is 1. The number of nitrogens with zero attached hydrogens (tertiary/aromatic N) is 5. The maximum atomic E-state index is 12.7. The Morgan fingerprint density at radius 2 is 1.90 bits per heavy atom. The Morgan fingerprint density at radius 1 is 1.17 bits per heavy atom. The van der Waals surface area contributed by atoms with E-state index < -0.39 is 0 Å². The van der Waals surface area contributed by atoms with E-state index in [1.807, 2.05) is 17.0 Å². The lowest BCUT2D eigenvalue weighted by Gasteiger charge is -2.36. The largest absolute Gasteiger partial charge is 0.506 e. The highest BCUT2D eigenvalue weighted by Crippen LogP contribution is 2.31. The van der Waals surface area contributed by atoms with Crippen LogP contribution < -0.4 is 10.5 Å². The maximum Gasteiger partial charge on any atom is 0.270 e. The lowest BCUT2D eigenvalue weighted by atomic mass is 10.1. The number of nitriles is 1. The van der Waals surface area contributed by atoms with Crippen LogP contribution in [0.4, 0.5) is 5.69 Å². The minimum Gasteiger partial charge on any atom is -0.506 e. The molecule has 0 saturated carbocycles. The Morgan fingerprint density at radius 3 is 2.60 bits per heavy atom. The van der Waals surface area contributed by atoms with Crippen molar-refractivity contribution in [1.82, 2.24) is 14.5 Å². The maximum absolute atomic E-state index is 12.7. The van der Waals surface area contributed by atoms with Crippen molar-refractivity contribution >= 4 is 39.9 Å². The van der Waals surface area contributed by atoms with Gasteiger partial charge in [-0.2, -0.15) is 5.26 Å². The van der Waals surface area contributed by atoms with Gasteiger partial charge in [0.1, 0.15) is 28.1 Å². The van der Waals surface area contributed by atoms with Gasteiger partial charge in [0.15, 0.2) is 0 Å². The Bertz CT molecular complexity index is 1230. The number of piperazine rings is 1. The van der Waals surface area contributed by atoms with Crippen molar-refractivity contribution in [2.75, 3.05) is 31.1 Å². The van der Waals surface area contributed by atoms with Crippen molar-refractivity contribution in [2.24, 2.45) is 7.05 Å². The van der Waals surface area contributed by atoms with Gasteiger partial charge in [-0.25, -0.2) is 4.98 Å². The Labute approximate surface area is 183 Å². The number of fused-ring (bicyclic) bond motifs is 1. The molecule has 154 valence electrons. The number of hydrogen-bond acceptors (Lipinski definition) is 6. The monoisotopic (exact) mass is 443 g/mol. The number of hydrogen-bond donors (Lipinski definition) is 1. The molecule has 3 aromatic rings. The van der Waals surface area contributed by atoms with Gasteiger partial charge in [-0.15, -0.1) is 0 Å². The predicted octanol–water partition coefficient (Wildman–Crippen LogP) is 3.14. The Kier molecular flexibility index (Phi) is 5.56. The first kappa shape index (κ1) is 20.5. The van der Waals surface area contributed by atoms with Crippen molar-refractivity contribution < 1.29 is 5.11 Å². The predicted molar refractivity (Wildman–Crippen MR) is 117 cm³/mol. The average molecular weight is 444 g/mol. The molecule has 1 N–H and O–H groups in total. The second-order valence-corrected chi connectivity index (χ2v) is 8.01. The van der Waals surface area contributed by atoms with Gasteiger partial charge in [-0.1, -0.05) is 35.3 Å². The number of aryl methyl sites for hydroxylation is 1. The molecule has 0 bridgehead atoms. The first-order chi connectivity index (χ1) is 14.4. The van der Waals surface area contributed by atoms with Crippen molar-refractivity contribution in [2.45, 2.75) is 6.54 Å². The van der Waals surface area contributed by atoms with Crippen molar-refractivity contribution in [3.63, 3.8) is 0 Å². The number of phenolic OH excluding ortho intramolecular Hbond substituents is 1. The second kappa shape index (κ2) is 8.15. The first-order valence-electron chi connectivity index (χ1n) is 9.43. The van der Waals surface area contributed by atoms with E-state index in [9.17, 15) is 15.2 Å². The van der Waals surface area contributed by atoms with Crippen LogP contribution in [0.5, 0.6) is 5.75 Å². The normalized spacial score (nSPS) is 14.8. The van der Waals surface area contributed by atoms with Crippen molar-refractivity contribution in [1.29, 1.82) is 5.26 Å². The SMILES string of the molecule is Cn1c(=O)c(C#N)c(N2CCN(Cc3cccc(Cl)c3O)CC2)c2nc(Cl)ccc21. The molecule has 2 aromatic heterocycles. The van der Waals surface area contributed by atoms with Gasteiger partial charge in [0.2, 0.25) is 0 Å².